The lowest BCUT2D eigenvalue weighted by molar-refractivity contribution is 0.126. The molecule has 0 radical (unpaired) electrons. The van der Waals surface area contributed by atoms with Gasteiger partial charge in [0, 0.05) is 13.7 Å². The van der Waals surface area contributed by atoms with E-state index >= 15 is 0 Å². The molecule has 1 aromatic heterocycles. The van der Waals surface area contributed by atoms with E-state index in [1.165, 1.54) is 6.33 Å². The van der Waals surface area contributed by atoms with Gasteiger partial charge in [-0.1, -0.05) is 13.8 Å². The van der Waals surface area contributed by atoms with Crippen molar-refractivity contribution in [3.8, 4) is 0 Å². The maximum atomic E-state index is 5.49. The Balaban J connectivity index is 2.80. The molecule has 1 atom stereocenters. The first-order chi connectivity index (χ1) is 8.60. The summed E-state index contributed by atoms with van der Waals surface area (Å²) < 4.78 is 6.33. The predicted molar refractivity (Wildman–Crippen MR) is 78.0 cm³/mol. The molecule has 0 saturated heterocycles. The van der Waals surface area contributed by atoms with Crippen LogP contribution in [0.5, 0.6) is 0 Å². The van der Waals surface area contributed by atoms with Gasteiger partial charge in [-0.25, -0.2) is 9.97 Å². The zero-order chi connectivity index (χ0) is 13.5. The van der Waals surface area contributed by atoms with Crippen molar-refractivity contribution in [2.24, 2.45) is 5.92 Å². The summed E-state index contributed by atoms with van der Waals surface area (Å²) in [6.45, 7) is 7.70. The SMILES string of the molecule is CCOCC(Nc1ncnc(NC)c1Br)C(C)C. The summed E-state index contributed by atoms with van der Waals surface area (Å²) in [6, 6.07) is 0.223. The van der Waals surface area contributed by atoms with Gasteiger partial charge in [0.2, 0.25) is 0 Å². The smallest absolute Gasteiger partial charge is 0.146 e. The second-order valence-electron chi connectivity index (χ2n) is 4.29. The molecule has 1 unspecified atom stereocenters. The lowest BCUT2D eigenvalue weighted by atomic mass is 10.1. The van der Waals surface area contributed by atoms with Crippen LogP contribution in [0.3, 0.4) is 0 Å². The Labute approximate surface area is 117 Å². The Morgan fingerprint density at radius 2 is 2.00 bits per heavy atom. The molecule has 0 bridgehead atoms. The van der Waals surface area contributed by atoms with Crippen molar-refractivity contribution < 1.29 is 4.74 Å². The standard InChI is InChI=1S/C12H21BrN4O/c1-5-18-6-9(8(2)3)17-12-10(13)11(14-4)15-7-16-12/h7-9H,5-6H2,1-4H3,(H2,14,15,16,17). The first-order valence-electron chi connectivity index (χ1n) is 6.12. The van der Waals surface area contributed by atoms with Crippen LogP contribution in [0, 0.1) is 5.92 Å². The third kappa shape index (κ3) is 4.10. The highest BCUT2D eigenvalue weighted by Gasteiger charge is 2.16. The number of anilines is 2. The first-order valence-corrected chi connectivity index (χ1v) is 6.92. The number of aromatic nitrogens is 2. The molecule has 0 aliphatic heterocycles. The fourth-order valence-electron chi connectivity index (χ4n) is 1.47. The van der Waals surface area contributed by atoms with Crippen molar-refractivity contribution in [2.45, 2.75) is 26.8 Å². The first kappa shape index (κ1) is 15.2. The molecule has 0 aliphatic carbocycles. The fourth-order valence-corrected chi connectivity index (χ4v) is 1.98. The molecular formula is C12H21BrN4O. The molecule has 1 rings (SSSR count). The Kier molecular flexibility index (Phi) is 6.35. The highest BCUT2D eigenvalue weighted by Crippen LogP contribution is 2.27. The van der Waals surface area contributed by atoms with Gasteiger partial charge in [0.15, 0.2) is 0 Å². The van der Waals surface area contributed by atoms with Crippen LogP contribution >= 0.6 is 15.9 Å². The van der Waals surface area contributed by atoms with E-state index in [1.807, 2.05) is 14.0 Å². The van der Waals surface area contributed by atoms with E-state index in [1.54, 1.807) is 0 Å². The maximum absolute atomic E-state index is 5.49. The topological polar surface area (TPSA) is 59.1 Å². The average molecular weight is 317 g/mol. The highest BCUT2D eigenvalue weighted by molar-refractivity contribution is 9.10. The van der Waals surface area contributed by atoms with Crippen LogP contribution in [-0.4, -0.2) is 36.3 Å². The van der Waals surface area contributed by atoms with Crippen LogP contribution in [0.2, 0.25) is 0 Å². The largest absolute Gasteiger partial charge is 0.380 e. The minimum Gasteiger partial charge on any atom is -0.380 e. The molecule has 0 aromatic carbocycles. The summed E-state index contributed by atoms with van der Waals surface area (Å²) in [6.07, 6.45) is 1.54. The average Bonchev–Trinajstić information content (AvgIpc) is 2.36. The molecule has 2 N–H and O–H groups in total. The van der Waals surface area contributed by atoms with E-state index in [9.17, 15) is 0 Å². The van der Waals surface area contributed by atoms with Gasteiger partial charge in [-0.05, 0) is 28.8 Å². The number of hydrogen-bond donors (Lipinski definition) is 2. The van der Waals surface area contributed by atoms with Crippen molar-refractivity contribution in [1.29, 1.82) is 0 Å². The van der Waals surface area contributed by atoms with Gasteiger partial charge >= 0.3 is 0 Å². The molecule has 5 nitrogen and oxygen atoms in total. The Bertz CT molecular complexity index is 373. The van der Waals surface area contributed by atoms with Gasteiger partial charge in [-0.2, -0.15) is 0 Å². The number of halogens is 1. The lowest BCUT2D eigenvalue weighted by Crippen LogP contribution is -2.31. The van der Waals surface area contributed by atoms with Crippen molar-refractivity contribution in [3.05, 3.63) is 10.8 Å². The van der Waals surface area contributed by atoms with E-state index in [0.29, 0.717) is 12.5 Å². The molecule has 0 spiro atoms. The summed E-state index contributed by atoms with van der Waals surface area (Å²) in [5, 5.41) is 6.41. The summed E-state index contributed by atoms with van der Waals surface area (Å²) in [7, 11) is 1.83. The molecule has 0 saturated carbocycles. The van der Waals surface area contributed by atoms with Gasteiger partial charge in [-0.3, -0.25) is 0 Å². The Morgan fingerprint density at radius 1 is 1.33 bits per heavy atom. The van der Waals surface area contributed by atoms with E-state index in [2.05, 4.69) is 50.4 Å². The van der Waals surface area contributed by atoms with E-state index in [0.717, 1.165) is 22.7 Å². The molecule has 102 valence electrons. The fraction of sp³-hybridized carbons (Fsp3) is 0.667. The van der Waals surface area contributed by atoms with Crippen LogP contribution < -0.4 is 10.6 Å². The van der Waals surface area contributed by atoms with Crippen LogP contribution in [0.15, 0.2) is 10.8 Å². The maximum Gasteiger partial charge on any atom is 0.146 e. The molecule has 6 heteroatoms. The third-order valence-electron chi connectivity index (χ3n) is 2.65. The summed E-state index contributed by atoms with van der Waals surface area (Å²) in [5.74, 6) is 2.01. The minimum absolute atomic E-state index is 0.223. The van der Waals surface area contributed by atoms with E-state index in [-0.39, 0.29) is 6.04 Å². The third-order valence-corrected chi connectivity index (χ3v) is 3.41. The Morgan fingerprint density at radius 3 is 2.56 bits per heavy atom. The van der Waals surface area contributed by atoms with Crippen LogP contribution in [0.25, 0.3) is 0 Å². The van der Waals surface area contributed by atoms with Gasteiger partial charge in [0.1, 0.15) is 22.4 Å². The Hall–Kier alpha value is -0.880. The number of hydrogen-bond acceptors (Lipinski definition) is 5. The molecule has 0 fully saturated rings. The quantitative estimate of drug-likeness (QED) is 0.810. The monoisotopic (exact) mass is 316 g/mol. The van der Waals surface area contributed by atoms with E-state index < -0.39 is 0 Å². The van der Waals surface area contributed by atoms with Crippen molar-refractivity contribution >= 4 is 27.6 Å². The summed E-state index contributed by atoms with van der Waals surface area (Å²) in [4.78, 5) is 8.38. The zero-order valence-electron chi connectivity index (χ0n) is 11.3. The molecule has 0 aliphatic rings. The summed E-state index contributed by atoms with van der Waals surface area (Å²) >= 11 is 3.50. The molecule has 18 heavy (non-hydrogen) atoms. The highest BCUT2D eigenvalue weighted by atomic mass is 79.9. The van der Waals surface area contributed by atoms with E-state index in [4.69, 9.17) is 4.74 Å². The van der Waals surface area contributed by atoms with Gasteiger partial charge in [0.05, 0.1) is 12.6 Å². The van der Waals surface area contributed by atoms with Gasteiger partial charge in [0.25, 0.3) is 0 Å². The van der Waals surface area contributed by atoms with Gasteiger partial charge < -0.3 is 15.4 Å². The molecular weight excluding hydrogens is 296 g/mol. The molecule has 0 amide bonds. The molecule has 1 heterocycles. The second kappa shape index (κ2) is 7.53. The lowest BCUT2D eigenvalue weighted by Gasteiger charge is -2.23. The number of ether oxygens (including phenoxy) is 1. The van der Waals surface area contributed by atoms with Crippen molar-refractivity contribution in [1.82, 2.24) is 9.97 Å². The van der Waals surface area contributed by atoms with Crippen LogP contribution in [-0.2, 0) is 4.74 Å². The van der Waals surface area contributed by atoms with Gasteiger partial charge in [-0.15, -0.1) is 0 Å². The second-order valence-corrected chi connectivity index (χ2v) is 5.08. The molecule has 1 aromatic rings. The van der Waals surface area contributed by atoms with Crippen LogP contribution in [0.4, 0.5) is 11.6 Å². The minimum atomic E-state index is 0.223. The number of rotatable bonds is 7. The van der Waals surface area contributed by atoms with Crippen LogP contribution in [0.1, 0.15) is 20.8 Å². The van der Waals surface area contributed by atoms with Crippen molar-refractivity contribution in [2.75, 3.05) is 30.9 Å². The number of nitrogens with one attached hydrogen (secondary N) is 2. The zero-order valence-corrected chi connectivity index (χ0v) is 12.9. The number of nitrogens with zero attached hydrogens (tertiary/aromatic N) is 2. The van der Waals surface area contributed by atoms with Crippen molar-refractivity contribution in [3.63, 3.8) is 0 Å². The summed E-state index contributed by atoms with van der Waals surface area (Å²) in [5.41, 5.74) is 0. The predicted octanol–water partition coefficient (Wildman–Crippen LogP) is 2.75. The normalized spacial score (nSPS) is 12.6.